The van der Waals surface area contributed by atoms with Gasteiger partial charge in [-0.3, -0.25) is 4.79 Å². The lowest BCUT2D eigenvalue weighted by Crippen LogP contribution is -2.26. The summed E-state index contributed by atoms with van der Waals surface area (Å²) in [6, 6.07) is 5.90. The van der Waals surface area contributed by atoms with Gasteiger partial charge in [-0.1, -0.05) is 23.5 Å². The van der Waals surface area contributed by atoms with Crippen LogP contribution in [0.1, 0.15) is 46.9 Å². The molecule has 0 atom stereocenters. The van der Waals surface area contributed by atoms with Crippen LogP contribution in [0, 0.1) is 0 Å². The second-order valence-electron chi connectivity index (χ2n) is 6.25. The average molecular weight is 391 g/mol. The maximum Gasteiger partial charge on any atom is 0.240 e. The first-order valence-electron chi connectivity index (χ1n) is 8.26. The number of carbonyl (C=O) groups excluding carboxylic acids is 1. The quantitative estimate of drug-likeness (QED) is 0.616. The van der Waals surface area contributed by atoms with Gasteiger partial charge < -0.3 is 0 Å². The number of Topliss-reactive ketones (excluding diaryl/α,β-unsaturated/α-hetero) is 1. The summed E-state index contributed by atoms with van der Waals surface area (Å²) in [6.45, 7) is 1.68. The minimum Gasteiger partial charge on any atom is -0.295 e. The minimum absolute atomic E-state index is 0.101. The number of hydrogen-bond donors (Lipinski definition) is 1. The molecule has 0 unspecified atom stereocenters. The third-order valence-corrected chi connectivity index (χ3v) is 6.64. The molecule has 0 spiro atoms. The van der Waals surface area contributed by atoms with Crippen LogP contribution in [-0.4, -0.2) is 40.6 Å². The van der Waals surface area contributed by atoms with Gasteiger partial charge in [0.25, 0.3) is 0 Å². The maximum atomic E-state index is 12.3. The average Bonchev–Trinajstić information content (AvgIpc) is 3.25. The second kappa shape index (κ2) is 6.53. The van der Waals surface area contributed by atoms with E-state index in [0.717, 1.165) is 28.6 Å². The fraction of sp³-hybridized carbons (Fsp3) is 0.375. The van der Waals surface area contributed by atoms with Gasteiger partial charge in [-0.2, -0.15) is 9.61 Å². The fourth-order valence-electron chi connectivity index (χ4n) is 2.61. The van der Waals surface area contributed by atoms with Crippen LogP contribution in [0.15, 0.2) is 29.2 Å². The standard InChI is InChI=1S/C16H17N5O3S2/c1-10(22)11-4-6-13(7-5-11)26(23,24)17-9-8-14-20-21-15(12-2-3-12)18-19-16(21)25-14/h4-7,12,17H,2-3,8-9H2,1H3. The number of rotatable bonds is 7. The summed E-state index contributed by atoms with van der Waals surface area (Å²) in [5, 5.41) is 13.6. The van der Waals surface area contributed by atoms with Crippen LogP contribution in [0.25, 0.3) is 4.96 Å². The van der Waals surface area contributed by atoms with Crippen molar-refractivity contribution in [1.82, 2.24) is 24.5 Å². The molecule has 2 aromatic heterocycles. The van der Waals surface area contributed by atoms with Crippen LogP contribution in [0.2, 0.25) is 0 Å². The van der Waals surface area contributed by atoms with Gasteiger partial charge in [-0.05, 0) is 31.9 Å². The summed E-state index contributed by atoms with van der Waals surface area (Å²) >= 11 is 1.42. The molecule has 0 aliphatic heterocycles. The van der Waals surface area contributed by atoms with Crippen molar-refractivity contribution in [1.29, 1.82) is 0 Å². The van der Waals surface area contributed by atoms with Crippen LogP contribution < -0.4 is 4.72 Å². The number of sulfonamides is 1. The van der Waals surface area contributed by atoms with Gasteiger partial charge in [0.15, 0.2) is 11.6 Å². The van der Waals surface area contributed by atoms with Gasteiger partial charge in [0, 0.05) is 24.4 Å². The molecular weight excluding hydrogens is 374 g/mol. The predicted molar refractivity (Wildman–Crippen MR) is 96.0 cm³/mol. The Hall–Kier alpha value is -2.17. The lowest BCUT2D eigenvalue weighted by atomic mass is 10.2. The molecule has 2 heterocycles. The van der Waals surface area contributed by atoms with Crippen molar-refractivity contribution in [3.05, 3.63) is 40.7 Å². The third-order valence-electron chi connectivity index (χ3n) is 4.20. The Bertz CT molecular complexity index is 1070. The number of fused-ring (bicyclic) bond motifs is 1. The molecule has 1 aliphatic carbocycles. The number of benzene rings is 1. The number of nitrogens with zero attached hydrogens (tertiary/aromatic N) is 4. The summed E-state index contributed by atoms with van der Waals surface area (Å²) in [5.41, 5.74) is 0.482. The van der Waals surface area contributed by atoms with E-state index in [9.17, 15) is 13.2 Å². The molecule has 1 N–H and O–H groups in total. The highest BCUT2D eigenvalue weighted by atomic mass is 32.2. The lowest BCUT2D eigenvalue weighted by molar-refractivity contribution is 0.101. The molecule has 0 saturated heterocycles. The van der Waals surface area contributed by atoms with E-state index >= 15 is 0 Å². The second-order valence-corrected chi connectivity index (χ2v) is 9.06. The van der Waals surface area contributed by atoms with E-state index in [-0.39, 0.29) is 17.2 Å². The smallest absolute Gasteiger partial charge is 0.240 e. The zero-order valence-electron chi connectivity index (χ0n) is 14.0. The monoisotopic (exact) mass is 391 g/mol. The highest BCUT2D eigenvalue weighted by Crippen LogP contribution is 2.39. The van der Waals surface area contributed by atoms with Crippen LogP contribution >= 0.6 is 11.3 Å². The predicted octanol–water partition coefficient (Wildman–Crippen LogP) is 1.79. The van der Waals surface area contributed by atoms with Crippen LogP contribution in [0.5, 0.6) is 0 Å². The van der Waals surface area contributed by atoms with Crippen molar-refractivity contribution >= 4 is 32.1 Å². The topological polar surface area (TPSA) is 106 Å². The summed E-state index contributed by atoms with van der Waals surface area (Å²) < 4.78 is 29.0. The molecule has 10 heteroatoms. The third kappa shape index (κ3) is 3.39. The van der Waals surface area contributed by atoms with Gasteiger partial charge in [0.2, 0.25) is 15.0 Å². The van der Waals surface area contributed by atoms with Crippen LogP contribution in [0.4, 0.5) is 0 Å². The molecule has 26 heavy (non-hydrogen) atoms. The van der Waals surface area contributed by atoms with Gasteiger partial charge in [0.05, 0.1) is 4.90 Å². The number of ketones is 1. The lowest BCUT2D eigenvalue weighted by Gasteiger charge is -2.06. The summed E-state index contributed by atoms with van der Waals surface area (Å²) in [5.74, 6) is 1.25. The molecule has 1 aromatic carbocycles. The van der Waals surface area contributed by atoms with E-state index in [4.69, 9.17) is 0 Å². The van der Waals surface area contributed by atoms with E-state index in [1.54, 1.807) is 4.52 Å². The van der Waals surface area contributed by atoms with Gasteiger partial charge in [-0.25, -0.2) is 13.1 Å². The first-order valence-corrected chi connectivity index (χ1v) is 10.6. The Morgan fingerprint density at radius 1 is 1.27 bits per heavy atom. The van der Waals surface area contributed by atoms with Crippen LogP contribution in [0.3, 0.4) is 0 Å². The highest BCUT2D eigenvalue weighted by Gasteiger charge is 2.30. The maximum absolute atomic E-state index is 12.3. The minimum atomic E-state index is -3.62. The van der Waals surface area contributed by atoms with Crippen molar-refractivity contribution in [2.75, 3.05) is 6.54 Å². The number of carbonyl (C=O) groups is 1. The summed E-state index contributed by atoms with van der Waals surface area (Å²) in [4.78, 5) is 12.2. The zero-order valence-corrected chi connectivity index (χ0v) is 15.7. The van der Waals surface area contributed by atoms with Crippen molar-refractivity contribution in [2.24, 2.45) is 0 Å². The molecule has 4 rings (SSSR count). The van der Waals surface area contributed by atoms with Gasteiger partial charge in [-0.15, -0.1) is 10.2 Å². The Morgan fingerprint density at radius 3 is 2.65 bits per heavy atom. The van der Waals surface area contributed by atoms with Gasteiger partial charge >= 0.3 is 0 Å². The normalized spacial score (nSPS) is 14.8. The molecule has 3 aromatic rings. The van der Waals surface area contributed by atoms with E-state index in [0.29, 0.717) is 17.9 Å². The first kappa shape index (κ1) is 17.3. The Kier molecular flexibility index (Phi) is 4.33. The Balaban J connectivity index is 1.41. The van der Waals surface area contributed by atoms with Gasteiger partial charge in [0.1, 0.15) is 5.01 Å². The largest absolute Gasteiger partial charge is 0.295 e. The molecular formula is C16H17N5O3S2. The number of nitrogens with one attached hydrogen (secondary N) is 1. The van der Waals surface area contributed by atoms with E-state index in [1.807, 2.05) is 0 Å². The molecule has 0 radical (unpaired) electrons. The molecule has 1 aliphatic rings. The molecule has 0 bridgehead atoms. The summed E-state index contributed by atoms with van der Waals surface area (Å²) in [7, 11) is -3.62. The molecule has 1 fully saturated rings. The van der Waals surface area contributed by atoms with Crippen molar-refractivity contribution < 1.29 is 13.2 Å². The highest BCUT2D eigenvalue weighted by molar-refractivity contribution is 7.89. The van der Waals surface area contributed by atoms with Crippen molar-refractivity contribution in [3.63, 3.8) is 0 Å². The Labute approximate surface area is 154 Å². The fourth-order valence-corrected chi connectivity index (χ4v) is 4.48. The number of aromatic nitrogens is 4. The van der Waals surface area contributed by atoms with Crippen LogP contribution in [-0.2, 0) is 16.4 Å². The SMILES string of the molecule is CC(=O)c1ccc(S(=O)(=O)NCCc2nn3c(C4CC4)nnc3s2)cc1. The van der Waals surface area contributed by atoms with Crippen molar-refractivity contribution in [3.8, 4) is 0 Å². The first-order chi connectivity index (χ1) is 12.4. The number of hydrogen-bond acceptors (Lipinski definition) is 7. The van der Waals surface area contributed by atoms with E-state index in [2.05, 4.69) is 20.0 Å². The van der Waals surface area contributed by atoms with E-state index in [1.165, 1.54) is 42.5 Å². The molecule has 1 saturated carbocycles. The van der Waals surface area contributed by atoms with E-state index < -0.39 is 10.0 Å². The molecule has 0 amide bonds. The zero-order chi connectivity index (χ0) is 18.3. The molecule has 136 valence electrons. The van der Waals surface area contributed by atoms with Crippen molar-refractivity contribution in [2.45, 2.75) is 37.0 Å². The molecule has 8 nitrogen and oxygen atoms in total. The summed E-state index contributed by atoms with van der Waals surface area (Å²) in [6.07, 6.45) is 2.72. The Morgan fingerprint density at radius 2 is 2.00 bits per heavy atom.